The molecule has 0 nitrogen and oxygen atoms in total. The van der Waals surface area contributed by atoms with Crippen molar-refractivity contribution < 1.29 is 0 Å². The zero-order valence-electron chi connectivity index (χ0n) is 11.6. The number of allylic oxidation sites excluding steroid dienone is 2. The van der Waals surface area contributed by atoms with E-state index in [0.717, 1.165) is 6.42 Å². The largest absolute Gasteiger partial charge is 0.111 e. The van der Waals surface area contributed by atoms with E-state index in [1.54, 1.807) is 0 Å². The molecule has 0 radical (unpaired) electrons. The summed E-state index contributed by atoms with van der Waals surface area (Å²) in [5, 5.41) is 2.70. The molecule has 0 N–H and O–H groups in total. The second-order valence-electron chi connectivity index (χ2n) is 5.78. The number of rotatable bonds is 0. The summed E-state index contributed by atoms with van der Waals surface area (Å²) >= 11 is 0. The van der Waals surface area contributed by atoms with Crippen LogP contribution in [0.1, 0.15) is 22.3 Å². The van der Waals surface area contributed by atoms with Crippen LogP contribution >= 0.6 is 0 Å². The van der Waals surface area contributed by atoms with Crippen molar-refractivity contribution in [2.24, 2.45) is 0 Å². The van der Waals surface area contributed by atoms with Crippen LogP contribution in [0.15, 0.2) is 54.6 Å². The molecule has 0 heteroatoms. The van der Waals surface area contributed by atoms with Crippen LogP contribution in [0.3, 0.4) is 0 Å². The van der Waals surface area contributed by atoms with Crippen LogP contribution < -0.4 is 0 Å². The maximum absolute atomic E-state index is 3.18. The summed E-state index contributed by atoms with van der Waals surface area (Å²) in [6.07, 6.45) is 10.4. The first-order valence-corrected chi connectivity index (χ1v) is 7.34. The summed E-state index contributed by atoms with van der Waals surface area (Å²) in [6.45, 7) is 0. The average molecular weight is 265 g/mol. The van der Waals surface area contributed by atoms with Gasteiger partial charge in [0.25, 0.3) is 0 Å². The normalized spacial score (nSPS) is 13.7. The average Bonchev–Trinajstić information content (AvgIpc) is 2.90. The molecule has 0 saturated carbocycles. The van der Waals surface area contributed by atoms with E-state index in [1.807, 2.05) is 6.08 Å². The summed E-state index contributed by atoms with van der Waals surface area (Å²) in [5.74, 6) is 0. The maximum atomic E-state index is 3.18. The Morgan fingerprint density at radius 3 is 2.81 bits per heavy atom. The Hall–Kier alpha value is -2.69. The number of hydrogen-bond donors (Lipinski definition) is 0. The van der Waals surface area contributed by atoms with Crippen molar-refractivity contribution in [2.45, 2.75) is 6.42 Å². The lowest BCUT2D eigenvalue weighted by molar-refractivity contribution is 1.26. The Bertz CT molecular complexity index is 955. The summed E-state index contributed by atoms with van der Waals surface area (Å²) < 4.78 is 0. The molecule has 2 aliphatic rings. The van der Waals surface area contributed by atoms with Crippen LogP contribution in [-0.4, -0.2) is 0 Å². The van der Waals surface area contributed by atoms with Crippen molar-refractivity contribution >= 4 is 22.9 Å². The molecule has 0 fully saturated rings. The number of benzene rings is 3. The van der Waals surface area contributed by atoms with Gasteiger partial charge in [-0.25, -0.2) is 0 Å². The molecule has 0 bridgehead atoms. The van der Waals surface area contributed by atoms with Crippen LogP contribution in [0, 0.1) is 6.08 Å². The van der Waals surface area contributed by atoms with E-state index >= 15 is 0 Å². The molecular formula is C21H13+. The van der Waals surface area contributed by atoms with Crippen LogP contribution in [0.4, 0.5) is 0 Å². The minimum absolute atomic E-state index is 1.04. The Labute approximate surface area is 124 Å². The highest BCUT2D eigenvalue weighted by Crippen LogP contribution is 2.43. The van der Waals surface area contributed by atoms with Crippen LogP contribution in [0.2, 0.25) is 0 Å². The quantitative estimate of drug-likeness (QED) is 0.381. The van der Waals surface area contributed by atoms with Crippen molar-refractivity contribution in [1.82, 2.24) is 0 Å². The molecule has 21 heavy (non-hydrogen) atoms. The van der Waals surface area contributed by atoms with Gasteiger partial charge in [0.2, 0.25) is 0 Å². The third-order valence-electron chi connectivity index (χ3n) is 4.57. The molecule has 0 unspecified atom stereocenters. The van der Waals surface area contributed by atoms with E-state index < -0.39 is 0 Å². The molecule has 0 aromatic heterocycles. The fraction of sp³-hybridized carbons (Fsp3) is 0.0476. The molecule has 5 rings (SSSR count). The van der Waals surface area contributed by atoms with E-state index in [-0.39, 0.29) is 0 Å². The Balaban J connectivity index is 1.87. The second-order valence-corrected chi connectivity index (χ2v) is 5.78. The van der Waals surface area contributed by atoms with E-state index in [1.165, 1.54) is 44.2 Å². The summed E-state index contributed by atoms with van der Waals surface area (Å²) in [4.78, 5) is 0. The van der Waals surface area contributed by atoms with Crippen molar-refractivity contribution in [3.05, 3.63) is 82.9 Å². The molecule has 0 spiro atoms. The summed E-state index contributed by atoms with van der Waals surface area (Å²) in [5.41, 5.74) is 8.30. The van der Waals surface area contributed by atoms with Crippen molar-refractivity contribution in [3.63, 3.8) is 0 Å². The Morgan fingerprint density at radius 2 is 1.81 bits per heavy atom. The van der Waals surface area contributed by atoms with Gasteiger partial charge in [-0.05, 0) is 45.5 Å². The minimum Gasteiger partial charge on any atom is -0.0616 e. The molecule has 0 aliphatic heterocycles. The Morgan fingerprint density at radius 1 is 0.857 bits per heavy atom. The highest BCUT2D eigenvalue weighted by atomic mass is 14.3. The van der Waals surface area contributed by atoms with E-state index in [9.17, 15) is 0 Å². The lowest BCUT2D eigenvalue weighted by Gasteiger charge is -2.07. The van der Waals surface area contributed by atoms with Crippen LogP contribution in [-0.2, 0) is 6.42 Å². The van der Waals surface area contributed by atoms with Gasteiger partial charge in [0.1, 0.15) is 12.2 Å². The first-order valence-electron chi connectivity index (χ1n) is 7.34. The van der Waals surface area contributed by atoms with Gasteiger partial charge < -0.3 is 0 Å². The third-order valence-corrected chi connectivity index (χ3v) is 4.57. The van der Waals surface area contributed by atoms with Gasteiger partial charge in [-0.1, -0.05) is 36.4 Å². The van der Waals surface area contributed by atoms with Gasteiger partial charge in [0.15, 0.2) is 0 Å². The molecule has 0 saturated heterocycles. The van der Waals surface area contributed by atoms with Gasteiger partial charge in [-0.2, -0.15) is 0 Å². The standard InChI is InChI=1S/C21H13/c1-2-7-16-13-20-18(11-15(16)6-1)12-17-10-9-14-5-3-4-8-19(14)21(17)20/h2-11,13H,12H2/q+1. The number of hydrogen-bond acceptors (Lipinski definition) is 0. The van der Waals surface area contributed by atoms with E-state index in [2.05, 4.69) is 66.8 Å². The molecule has 96 valence electrons. The highest BCUT2D eigenvalue weighted by Gasteiger charge is 2.24. The topological polar surface area (TPSA) is 0 Å². The molecule has 2 aliphatic carbocycles. The molecular weight excluding hydrogens is 252 g/mol. The smallest absolute Gasteiger partial charge is 0.0616 e. The van der Waals surface area contributed by atoms with Gasteiger partial charge in [-0.3, -0.25) is 0 Å². The minimum atomic E-state index is 1.04. The number of fused-ring (bicyclic) bond motifs is 6. The monoisotopic (exact) mass is 265 g/mol. The van der Waals surface area contributed by atoms with E-state index in [4.69, 9.17) is 0 Å². The van der Waals surface area contributed by atoms with E-state index in [0.29, 0.717) is 0 Å². The predicted octanol–water partition coefficient (Wildman–Crippen LogP) is 5.25. The fourth-order valence-corrected chi connectivity index (χ4v) is 3.59. The third kappa shape index (κ3) is 1.48. The van der Waals surface area contributed by atoms with Gasteiger partial charge in [-0.15, -0.1) is 0 Å². The van der Waals surface area contributed by atoms with Crippen LogP contribution in [0.25, 0.3) is 34.1 Å². The maximum Gasteiger partial charge on any atom is 0.111 e. The first-order chi connectivity index (χ1) is 10.4. The van der Waals surface area contributed by atoms with Gasteiger partial charge in [0.05, 0.1) is 17.2 Å². The first kappa shape index (κ1) is 11.0. The highest BCUT2D eigenvalue weighted by molar-refractivity contribution is 6.01. The SMILES string of the molecule is [C+]1=Cc2cc3c(cc2C=C1)-c1c(ccc2ccccc12)C3. The molecule has 0 amide bonds. The second kappa shape index (κ2) is 3.91. The summed E-state index contributed by atoms with van der Waals surface area (Å²) in [6, 6.07) is 17.9. The molecule has 3 aromatic rings. The molecule has 0 atom stereocenters. The van der Waals surface area contributed by atoms with Gasteiger partial charge >= 0.3 is 0 Å². The zero-order chi connectivity index (χ0) is 13.8. The van der Waals surface area contributed by atoms with Crippen molar-refractivity contribution in [3.8, 4) is 11.1 Å². The van der Waals surface area contributed by atoms with Crippen molar-refractivity contribution in [2.75, 3.05) is 0 Å². The predicted molar refractivity (Wildman–Crippen MR) is 88.9 cm³/mol. The Kier molecular flexibility index (Phi) is 2.05. The lowest BCUT2D eigenvalue weighted by Crippen LogP contribution is -1.89. The molecule has 0 heterocycles. The van der Waals surface area contributed by atoms with Crippen molar-refractivity contribution in [1.29, 1.82) is 0 Å². The van der Waals surface area contributed by atoms with Crippen LogP contribution in [0.5, 0.6) is 0 Å². The molecule has 3 aromatic carbocycles. The fourth-order valence-electron chi connectivity index (χ4n) is 3.59. The van der Waals surface area contributed by atoms with Gasteiger partial charge in [0, 0.05) is 12.1 Å². The lowest BCUT2D eigenvalue weighted by atomic mass is 9.93. The zero-order valence-corrected chi connectivity index (χ0v) is 11.6. The summed E-state index contributed by atoms with van der Waals surface area (Å²) in [7, 11) is 0.